The molecule has 0 saturated heterocycles. The molecule has 0 amide bonds. The van der Waals surface area contributed by atoms with Crippen molar-refractivity contribution in [3.63, 3.8) is 0 Å². The third-order valence-corrected chi connectivity index (χ3v) is 3.93. The maximum Gasteiger partial charge on any atom is 0.138 e. The number of aromatic nitrogens is 2. The van der Waals surface area contributed by atoms with E-state index in [1.807, 2.05) is 12.1 Å². The Bertz CT molecular complexity index is 655. The van der Waals surface area contributed by atoms with Crippen molar-refractivity contribution in [1.29, 1.82) is 0 Å². The molecule has 0 aliphatic carbocycles. The second-order valence-electron chi connectivity index (χ2n) is 3.94. The average molecular weight is 332 g/mol. The van der Waals surface area contributed by atoms with E-state index in [4.69, 9.17) is 4.42 Å². The number of nitrogens with zero attached hydrogens (tertiary/aromatic N) is 2. The Labute approximate surface area is 133 Å². The summed E-state index contributed by atoms with van der Waals surface area (Å²) in [5, 5.41) is 4.38. The Morgan fingerprint density at radius 1 is 1.30 bits per heavy atom. The van der Waals surface area contributed by atoms with Crippen molar-refractivity contribution >= 4 is 52.2 Å². The second-order valence-corrected chi connectivity index (χ2v) is 5.06. The van der Waals surface area contributed by atoms with Gasteiger partial charge in [-0.05, 0) is 24.6 Å². The van der Waals surface area contributed by atoms with Crippen molar-refractivity contribution in [3.8, 4) is 0 Å². The van der Waals surface area contributed by atoms with Crippen LogP contribution in [0.15, 0.2) is 35.2 Å². The van der Waals surface area contributed by atoms with E-state index in [2.05, 4.69) is 28.3 Å². The average Bonchev–Trinajstić information content (AvgIpc) is 3.04. The number of halogens is 2. The van der Waals surface area contributed by atoms with Crippen LogP contribution in [0.4, 0.5) is 5.82 Å². The molecule has 7 heteroatoms. The van der Waals surface area contributed by atoms with Gasteiger partial charge in [0.2, 0.25) is 0 Å². The number of hydrogen-bond donors (Lipinski definition) is 1. The molecule has 0 radical (unpaired) electrons. The maximum absolute atomic E-state index is 5.29. The van der Waals surface area contributed by atoms with Crippen LogP contribution in [0.25, 0.3) is 10.2 Å². The zero-order valence-electron chi connectivity index (χ0n) is 10.8. The number of furan rings is 1. The third-order valence-electron chi connectivity index (χ3n) is 2.74. The third kappa shape index (κ3) is 3.42. The lowest BCUT2D eigenvalue weighted by Gasteiger charge is -2.03. The number of aryl methyl sites for hydroxylation is 1. The lowest BCUT2D eigenvalue weighted by atomic mass is 10.3. The highest BCUT2D eigenvalue weighted by molar-refractivity contribution is 7.18. The van der Waals surface area contributed by atoms with E-state index in [-0.39, 0.29) is 24.8 Å². The van der Waals surface area contributed by atoms with Crippen LogP contribution >= 0.6 is 36.2 Å². The molecule has 0 fully saturated rings. The van der Waals surface area contributed by atoms with Gasteiger partial charge in [0.05, 0.1) is 18.2 Å². The molecule has 3 heterocycles. The number of anilines is 1. The summed E-state index contributed by atoms with van der Waals surface area (Å²) >= 11 is 1.72. The SMILES string of the molecule is CCc1cc2c(NCc3ccco3)ncnc2s1.Cl.Cl. The minimum Gasteiger partial charge on any atom is -0.467 e. The first kappa shape index (κ1) is 16.8. The predicted molar refractivity (Wildman–Crippen MR) is 87.3 cm³/mol. The molecule has 108 valence electrons. The van der Waals surface area contributed by atoms with Gasteiger partial charge in [-0.3, -0.25) is 0 Å². The van der Waals surface area contributed by atoms with Crippen LogP contribution < -0.4 is 5.32 Å². The molecular weight excluding hydrogens is 317 g/mol. The summed E-state index contributed by atoms with van der Waals surface area (Å²) in [6, 6.07) is 5.98. The van der Waals surface area contributed by atoms with Crippen LogP contribution in [0, 0.1) is 0 Å². The molecule has 1 N–H and O–H groups in total. The second kappa shape index (κ2) is 7.47. The minimum absolute atomic E-state index is 0. The summed E-state index contributed by atoms with van der Waals surface area (Å²) in [6.07, 6.45) is 4.30. The number of hydrogen-bond acceptors (Lipinski definition) is 5. The number of nitrogens with one attached hydrogen (secondary N) is 1. The summed E-state index contributed by atoms with van der Waals surface area (Å²) in [4.78, 5) is 11.0. The van der Waals surface area contributed by atoms with Crippen molar-refractivity contribution in [2.45, 2.75) is 19.9 Å². The van der Waals surface area contributed by atoms with Gasteiger partial charge in [-0.25, -0.2) is 9.97 Å². The van der Waals surface area contributed by atoms with Gasteiger partial charge in [0.1, 0.15) is 22.7 Å². The Morgan fingerprint density at radius 3 is 2.85 bits per heavy atom. The Hall–Kier alpha value is -1.30. The number of fused-ring (bicyclic) bond motifs is 1. The maximum atomic E-state index is 5.29. The Balaban J connectivity index is 0.000001000. The van der Waals surface area contributed by atoms with Gasteiger partial charge in [-0.15, -0.1) is 36.2 Å². The van der Waals surface area contributed by atoms with Crippen molar-refractivity contribution < 1.29 is 4.42 Å². The Kier molecular flexibility index (Phi) is 6.26. The van der Waals surface area contributed by atoms with Crippen LogP contribution in [0.3, 0.4) is 0 Å². The molecule has 0 aromatic carbocycles. The summed E-state index contributed by atoms with van der Waals surface area (Å²) in [7, 11) is 0. The van der Waals surface area contributed by atoms with Crippen molar-refractivity contribution in [2.24, 2.45) is 0 Å². The summed E-state index contributed by atoms with van der Waals surface area (Å²) in [5.74, 6) is 1.76. The fraction of sp³-hybridized carbons (Fsp3) is 0.231. The molecule has 0 saturated carbocycles. The van der Waals surface area contributed by atoms with E-state index in [9.17, 15) is 0 Å². The van der Waals surface area contributed by atoms with Crippen molar-refractivity contribution in [3.05, 3.63) is 41.4 Å². The highest BCUT2D eigenvalue weighted by Crippen LogP contribution is 2.28. The standard InChI is InChI=1S/C13H13N3OS.2ClH/c1-2-10-6-11-12(15-8-16-13(11)18-10)14-7-9-4-3-5-17-9;;/h3-6,8H,2,7H2,1H3,(H,14,15,16);2*1H. The van der Waals surface area contributed by atoms with Crippen LogP contribution in [-0.4, -0.2) is 9.97 Å². The van der Waals surface area contributed by atoms with Crippen molar-refractivity contribution in [2.75, 3.05) is 5.32 Å². The first-order valence-electron chi connectivity index (χ1n) is 5.86. The Morgan fingerprint density at radius 2 is 2.15 bits per heavy atom. The molecule has 0 bridgehead atoms. The fourth-order valence-corrected chi connectivity index (χ4v) is 2.74. The van der Waals surface area contributed by atoms with E-state index in [0.717, 1.165) is 28.2 Å². The van der Waals surface area contributed by atoms with Gasteiger partial charge in [-0.1, -0.05) is 6.92 Å². The van der Waals surface area contributed by atoms with E-state index >= 15 is 0 Å². The van der Waals surface area contributed by atoms with Gasteiger partial charge in [-0.2, -0.15) is 0 Å². The predicted octanol–water partition coefficient (Wildman–Crippen LogP) is 4.30. The summed E-state index contributed by atoms with van der Waals surface area (Å²) in [6.45, 7) is 2.78. The fourth-order valence-electron chi connectivity index (χ4n) is 1.80. The molecule has 0 atom stereocenters. The monoisotopic (exact) mass is 331 g/mol. The van der Waals surface area contributed by atoms with Crippen LogP contribution in [0.5, 0.6) is 0 Å². The molecule has 3 aromatic heterocycles. The highest BCUT2D eigenvalue weighted by atomic mass is 35.5. The van der Waals surface area contributed by atoms with Gasteiger partial charge in [0.25, 0.3) is 0 Å². The molecular formula is C13H15Cl2N3OS. The molecule has 0 spiro atoms. The van der Waals surface area contributed by atoms with Crippen molar-refractivity contribution in [1.82, 2.24) is 9.97 Å². The largest absolute Gasteiger partial charge is 0.467 e. The summed E-state index contributed by atoms with van der Waals surface area (Å²) < 4.78 is 5.29. The number of rotatable bonds is 4. The number of thiophene rings is 1. The minimum atomic E-state index is 0. The van der Waals surface area contributed by atoms with Gasteiger partial charge in [0.15, 0.2) is 0 Å². The van der Waals surface area contributed by atoms with Gasteiger partial charge >= 0.3 is 0 Å². The normalized spacial score (nSPS) is 9.85. The zero-order valence-corrected chi connectivity index (χ0v) is 13.3. The lowest BCUT2D eigenvalue weighted by Crippen LogP contribution is -2.00. The first-order valence-corrected chi connectivity index (χ1v) is 6.68. The van der Waals surface area contributed by atoms with E-state index in [0.29, 0.717) is 6.54 Å². The van der Waals surface area contributed by atoms with Crippen LogP contribution in [0.2, 0.25) is 0 Å². The van der Waals surface area contributed by atoms with Gasteiger partial charge in [0, 0.05) is 4.88 Å². The molecule has 3 rings (SSSR count). The molecule has 0 unspecified atom stereocenters. The smallest absolute Gasteiger partial charge is 0.138 e. The quantitative estimate of drug-likeness (QED) is 0.774. The van der Waals surface area contributed by atoms with E-state index in [1.54, 1.807) is 23.9 Å². The molecule has 3 aromatic rings. The van der Waals surface area contributed by atoms with E-state index in [1.165, 1.54) is 4.88 Å². The van der Waals surface area contributed by atoms with E-state index < -0.39 is 0 Å². The first-order chi connectivity index (χ1) is 8.86. The van der Waals surface area contributed by atoms with Crippen LogP contribution in [-0.2, 0) is 13.0 Å². The highest BCUT2D eigenvalue weighted by Gasteiger charge is 2.07. The topological polar surface area (TPSA) is 51.0 Å². The van der Waals surface area contributed by atoms with Crippen LogP contribution in [0.1, 0.15) is 17.6 Å². The zero-order chi connectivity index (χ0) is 12.4. The summed E-state index contributed by atoms with van der Waals surface area (Å²) in [5.41, 5.74) is 0. The van der Waals surface area contributed by atoms with Gasteiger partial charge < -0.3 is 9.73 Å². The molecule has 20 heavy (non-hydrogen) atoms. The molecule has 0 aliphatic rings. The molecule has 0 aliphatic heterocycles. The lowest BCUT2D eigenvalue weighted by molar-refractivity contribution is 0.518. The molecule has 4 nitrogen and oxygen atoms in total.